The summed E-state index contributed by atoms with van der Waals surface area (Å²) < 4.78 is 11.8. The van der Waals surface area contributed by atoms with Gasteiger partial charge in [0.1, 0.15) is 0 Å². The van der Waals surface area contributed by atoms with E-state index in [0.29, 0.717) is 25.0 Å². The van der Waals surface area contributed by atoms with Gasteiger partial charge in [-0.15, -0.1) is 11.3 Å². The molecule has 0 aliphatic heterocycles. The maximum absolute atomic E-state index is 11.0. The van der Waals surface area contributed by atoms with Crippen LogP contribution >= 0.6 is 11.3 Å². The van der Waals surface area contributed by atoms with Crippen molar-refractivity contribution in [3.05, 3.63) is 28.2 Å². The van der Waals surface area contributed by atoms with Crippen molar-refractivity contribution in [1.82, 2.24) is 15.3 Å². The predicted molar refractivity (Wildman–Crippen MR) is 106 cm³/mol. The van der Waals surface area contributed by atoms with Crippen LogP contribution in [-0.2, 0) is 9.53 Å². The Balaban J connectivity index is 1.45. The average Bonchev–Trinajstić information content (AvgIpc) is 2.99. The Morgan fingerprint density at radius 3 is 2.85 bits per heavy atom. The summed E-state index contributed by atoms with van der Waals surface area (Å²) in [4.78, 5) is 20.0. The molecule has 1 amide bonds. The van der Waals surface area contributed by atoms with Gasteiger partial charge in [-0.2, -0.15) is 0 Å². The first-order valence-corrected chi connectivity index (χ1v) is 10.2. The number of ether oxygens (including phenoxy) is 2. The van der Waals surface area contributed by atoms with Gasteiger partial charge in [0, 0.05) is 35.7 Å². The highest BCUT2D eigenvalue weighted by atomic mass is 32.1. The van der Waals surface area contributed by atoms with Crippen molar-refractivity contribution in [3.8, 4) is 17.1 Å². The molecule has 2 heterocycles. The molecule has 2 aromatic rings. The molecule has 0 aromatic carbocycles. The second kappa shape index (κ2) is 8.80. The summed E-state index contributed by atoms with van der Waals surface area (Å²) in [5, 5.41) is 5.95. The molecule has 27 heavy (non-hydrogen) atoms. The molecule has 7 heteroatoms. The fourth-order valence-corrected chi connectivity index (χ4v) is 3.85. The molecule has 0 unspecified atom stereocenters. The quantitative estimate of drug-likeness (QED) is 0.748. The number of thiazole rings is 1. The van der Waals surface area contributed by atoms with E-state index in [1.807, 2.05) is 26.8 Å². The van der Waals surface area contributed by atoms with E-state index in [4.69, 9.17) is 9.47 Å². The second-order valence-electron chi connectivity index (χ2n) is 7.25. The van der Waals surface area contributed by atoms with Gasteiger partial charge in [0.15, 0.2) is 0 Å². The molecule has 2 aromatic heterocycles. The zero-order valence-corrected chi connectivity index (χ0v) is 17.1. The van der Waals surface area contributed by atoms with Crippen molar-refractivity contribution in [2.75, 3.05) is 13.2 Å². The number of amides is 1. The molecular weight excluding hydrogens is 362 g/mol. The van der Waals surface area contributed by atoms with Crippen molar-refractivity contribution in [2.45, 2.75) is 52.7 Å². The second-order valence-corrected chi connectivity index (χ2v) is 8.31. The summed E-state index contributed by atoms with van der Waals surface area (Å²) in [6, 6.07) is 2.03. The van der Waals surface area contributed by atoms with Crippen LogP contribution < -0.4 is 10.1 Å². The van der Waals surface area contributed by atoms with Crippen LogP contribution in [0.15, 0.2) is 17.6 Å². The molecule has 0 spiro atoms. The Labute approximate surface area is 164 Å². The molecule has 1 fully saturated rings. The van der Waals surface area contributed by atoms with Gasteiger partial charge in [0.2, 0.25) is 11.8 Å². The van der Waals surface area contributed by atoms with E-state index in [-0.39, 0.29) is 18.1 Å². The summed E-state index contributed by atoms with van der Waals surface area (Å²) in [5.41, 5.74) is 3.08. The number of carbonyl (C=O) groups excluding carboxylic acids is 1. The third-order valence-electron chi connectivity index (χ3n) is 4.73. The van der Waals surface area contributed by atoms with E-state index >= 15 is 0 Å². The van der Waals surface area contributed by atoms with Gasteiger partial charge in [0.25, 0.3) is 0 Å². The minimum absolute atomic E-state index is 0.0242. The first kappa shape index (κ1) is 19.8. The normalized spacial score (nSPS) is 20.0. The van der Waals surface area contributed by atoms with E-state index < -0.39 is 0 Å². The fraction of sp³-hybridized carbons (Fsp3) is 0.550. The fourth-order valence-electron chi connectivity index (χ4n) is 3.24. The highest BCUT2D eigenvalue weighted by molar-refractivity contribution is 7.09. The van der Waals surface area contributed by atoms with Gasteiger partial charge < -0.3 is 14.8 Å². The monoisotopic (exact) mass is 389 g/mol. The van der Waals surface area contributed by atoms with E-state index in [2.05, 4.69) is 20.7 Å². The van der Waals surface area contributed by atoms with Gasteiger partial charge in [-0.25, -0.2) is 9.97 Å². The van der Waals surface area contributed by atoms with Crippen LogP contribution in [0, 0.1) is 19.8 Å². The van der Waals surface area contributed by atoms with Crippen LogP contribution in [0.5, 0.6) is 5.88 Å². The van der Waals surface area contributed by atoms with Crippen molar-refractivity contribution >= 4 is 17.2 Å². The minimum Gasteiger partial charge on any atom is -0.477 e. The molecule has 0 bridgehead atoms. The molecule has 1 N–H and O–H groups in total. The molecule has 1 aliphatic rings. The van der Waals surface area contributed by atoms with E-state index in [1.54, 1.807) is 17.5 Å². The Bertz CT molecular complexity index is 787. The number of aromatic nitrogens is 2. The average molecular weight is 390 g/mol. The molecule has 1 aliphatic carbocycles. The molecule has 3 rings (SSSR count). The number of carbonyl (C=O) groups is 1. The summed E-state index contributed by atoms with van der Waals surface area (Å²) in [5.74, 6) is 1.14. The Morgan fingerprint density at radius 1 is 1.41 bits per heavy atom. The van der Waals surface area contributed by atoms with Crippen LogP contribution in [0.4, 0.5) is 0 Å². The third kappa shape index (κ3) is 5.26. The van der Waals surface area contributed by atoms with Crippen LogP contribution in [0.25, 0.3) is 11.3 Å². The lowest BCUT2D eigenvalue weighted by Gasteiger charge is -2.35. The number of nitrogens with zero attached hydrogens (tertiary/aromatic N) is 2. The number of pyridine rings is 1. The smallest absolute Gasteiger partial charge is 0.217 e. The maximum Gasteiger partial charge on any atom is 0.217 e. The Morgan fingerprint density at radius 2 is 2.19 bits per heavy atom. The standard InChI is InChI=1S/C20H27N3O3S/c1-12(22-14(3)24)9-25-17-7-16(8-17)10-26-20-13(2)18(5-6-21-20)19-11-27-15(4)23-19/h5-6,11-12,16-17H,7-10H2,1-4H3,(H,22,24)/t12-,16-,17-/m0/s1. The van der Waals surface area contributed by atoms with Crippen molar-refractivity contribution in [2.24, 2.45) is 5.92 Å². The van der Waals surface area contributed by atoms with Gasteiger partial charge >= 0.3 is 0 Å². The zero-order valence-electron chi connectivity index (χ0n) is 16.3. The van der Waals surface area contributed by atoms with Crippen LogP contribution in [0.1, 0.15) is 37.3 Å². The number of rotatable bonds is 8. The lowest BCUT2D eigenvalue weighted by atomic mass is 9.83. The van der Waals surface area contributed by atoms with Gasteiger partial charge in [-0.3, -0.25) is 4.79 Å². The number of nitrogens with one attached hydrogen (secondary N) is 1. The van der Waals surface area contributed by atoms with E-state index in [1.165, 1.54) is 6.92 Å². The molecule has 0 saturated heterocycles. The first-order valence-electron chi connectivity index (χ1n) is 9.32. The topological polar surface area (TPSA) is 73.3 Å². The number of aryl methyl sites for hydroxylation is 1. The third-order valence-corrected chi connectivity index (χ3v) is 5.51. The largest absolute Gasteiger partial charge is 0.477 e. The summed E-state index contributed by atoms with van der Waals surface area (Å²) in [7, 11) is 0. The lowest BCUT2D eigenvalue weighted by Crippen LogP contribution is -2.40. The highest BCUT2D eigenvalue weighted by Crippen LogP contribution is 2.33. The van der Waals surface area contributed by atoms with Crippen LogP contribution in [0.2, 0.25) is 0 Å². The molecule has 1 atom stereocenters. The Hall–Kier alpha value is -1.99. The summed E-state index contributed by atoms with van der Waals surface area (Å²) in [6.07, 6.45) is 4.00. The van der Waals surface area contributed by atoms with Gasteiger partial charge in [-0.05, 0) is 45.6 Å². The van der Waals surface area contributed by atoms with Crippen LogP contribution in [-0.4, -0.2) is 41.2 Å². The lowest BCUT2D eigenvalue weighted by molar-refractivity contribution is -0.120. The van der Waals surface area contributed by atoms with E-state index in [0.717, 1.165) is 34.7 Å². The van der Waals surface area contributed by atoms with Crippen molar-refractivity contribution in [3.63, 3.8) is 0 Å². The van der Waals surface area contributed by atoms with Gasteiger partial charge in [-0.1, -0.05) is 0 Å². The van der Waals surface area contributed by atoms with Crippen molar-refractivity contribution < 1.29 is 14.3 Å². The number of hydrogen-bond acceptors (Lipinski definition) is 6. The Kier molecular flexibility index (Phi) is 6.44. The summed E-state index contributed by atoms with van der Waals surface area (Å²) >= 11 is 1.65. The number of hydrogen-bond donors (Lipinski definition) is 1. The molecule has 0 radical (unpaired) electrons. The van der Waals surface area contributed by atoms with Crippen molar-refractivity contribution in [1.29, 1.82) is 0 Å². The zero-order chi connectivity index (χ0) is 19.4. The van der Waals surface area contributed by atoms with E-state index in [9.17, 15) is 4.79 Å². The van der Waals surface area contributed by atoms with Crippen LogP contribution in [0.3, 0.4) is 0 Å². The summed E-state index contributed by atoms with van der Waals surface area (Å²) in [6.45, 7) is 8.71. The minimum atomic E-state index is -0.0242. The SMILES string of the molecule is CC(=O)N[C@@H](C)CO[C@H]1C[C@H](COc2nccc(-c3csc(C)n3)c2C)C1. The maximum atomic E-state index is 11.0. The molecule has 1 saturated carbocycles. The molecular formula is C20H27N3O3S. The first-order chi connectivity index (χ1) is 12.9. The molecule has 146 valence electrons. The highest BCUT2D eigenvalue weighted by Gasteiger charge is 2.31. The predicted octanol–water partition coefficient (Wildman–Crippen LogP) is 3.52. The van der Waals surface area contributed by atoms with Gasteiger partial charge in [0.05, 0.1) is 30.0 Å². The molecule has 6 nitrogen and oxygen atoms in total.